The smallest absolute Gasteiger partial charge is 0.269 e. The Morgan fingerprint density at radius 2 is 2.04 bits per heavy atom. The van der Waals surface area contributed by atoms with E-state index in [1.807, 2.05) is 25.1 Å². The van der Waals surface area contributed by atoms with Crippen molar-refractivity contribution in [3.8, 4) is 22.8 Å². The van der Waals surface area contributed by atoms with Crippen LogP contribution < -0.4 is 14.8 Å². The van der Waals surface area contributed by atoms with E-state index in [0.29, 0.717) is 29.4 Å². The van der Waals surface area contributed by atoms with Crippen molar-refractivity contribution < 1.29 is 14.3 Å². The highest BCUT2D eigenvalue weighted by Crippen LogP contribution is 2.34. The minimum Gasteiger partial charge on any atom is -0.497 e. The van der Waals surface area contributed by atoms with Crippen LogP contribution in [0.15, 0.2) is 18.2 Å². The van der Waals surface area contributed by atoms with E-state index in [-0.39, 0.29) is 5.91 Å². The molecule has 0 radical (unpaired) electrons. The number of aromatic nitrogens is 2. The lowest BCUT2D eigenvalue weighted by atomic mass is 9.99. The molecule has 0 spiro atoms. The van der Waals surface area contributed by atoms with E-state index in [1.165, 1.54) is 12.8 Å². The Bertz CT molecular complexity index is 810. The van der Waals surface area contributed by atoms with Crippen LogP contribution in [0.5, 0.6) is 11.5 Å². The lowest BCUT2D eigenvalue weighted by molar-refractivity contribution is 0.0939. The minimum atomic E-state index is -0.130. The van der Waals surface area contributed by atoms with Gasteiger partial charge < -0.3 is 19.7 Å². The van der Waals surface area contributed by atoms with Gasteiger partial charge in [0.25, 0.3) is 5.91 Å². The topological polar surface area (TPSA) is 79.5 Å². The number of nitrogens with one attached hydrogen (secondary N) is 2. The van der Waals surface area contributed by atoms with Crippen LogP contribution in [0.3, 0.4) is 0 Å². The number of ether oxygens (including phenoxy) is 2. The molecular formula is C21H30N4O3. The largest absolute Gasteiger partial charge is 0.497 e. The first-order valence-corrected chi connectivity index (χ1v) is 9.81. The molecule has 1 aromatic heterocycles. The summed E-state index contributed by atoms with van der Waals surface area (Å²) in [5, 5.41) is 10.3. The molecule has 2 heterocycles. The fourth-order valence-corrected chi connectivity index (χ4v) is 3.58. The van der Waals surface area contributed by atoms with Crippen LogP contribution in [0.4, 0.5) is 0 Å². The molecule has 1 aliphatic rings. The van der Waals surface area contributed by atoms with Crippen LogP contribution in [0, 0.1) is 12.8 Å². The number of carbonyl (C=O) groups is 1. The van der Waals surface area contributed by atoms with Gasteiger partial charge in [-0.25, -0.2) is 0 Å². The Hall–Kier alpha value is -2.54. The highest BCUT2D eigenvalue weighted by molar-refractivity contribution is 5.95. The number of hydrogen-bond donors (Lipinski definition) is 2. The number of H-pyrrole nitrogens is 1. The normalized spacial score (nSPS) is 15.4. The summed E-state index contributed by atoms with van der Waals surface area (Å²) in [6.45, 7) is 7.93. The summed E-state index contributed by atoms with van der Waals surface area (Å²) in [6, 6.07) is 5.55. The summed E-state index contributed by atoms with van der Waals surface area (Å²) in [5.74, 6) is 2.04. The molecule has 7 heteroatoms. The molecule has 2 aromatic rings. The summed E-state index contributed by atoms with van der Waals surface area (Å²) in [5.41, 5.74) is 2.81. The lowest BCUT2D eigenvalue weighted by Crippen LogP contribution is -2.39. The van der Waals surface area contributed by atoms with Crippen LogP contribution >= 0.6 is 0 Å². The third-order valence-electron chi connectivity index (χ3n) is 5.49. The third-order valence-corrected chi connectivity index (χ3v) is 5.49. The molecule has 1 amide bonds. The number of hydrogen-bond acceptors (Lipinski definition) is 5. The van der Waals surface area contributed by atoms with Crippen LogP contribution in [-0.2, 0) is 0 Å². The second-order valence-electron chi connectivity index (χ2n) is 7.42. The van der Waals surface area contributed by atoms with Gasteiger partial charge in [-0.1, -0.05) is 6.92 Å². The summed E-state index contributed by atoms with van der Waals surface area (Å²) in [7, 11) is 3.22. The van der Waals surface area contributed by atoms with Gasteiger partial charge in [-0.2, -0.15) is 5.10 Å². The standard InChI is InChI=1S/C21H30N4O3/c1-14-7-10-25(11-8-14)12-9-22-21(26)20-15(2)19(23-24-20)17-6-5-16(27-3)13-18(17)28-4/h5-6,13-14H,7-12H2,1-4H3,(H,22,26)(H,23,24). The summed E-state index contributed by atoms with van der Waals surface area (Å²) in [4.78, 5) is 15.0. The Balaban J connectivity index is 1.65. The predicted molar refractivity (Wildman–Crippen MR) is 109 cm³/mol. The van der Waals surface area contributed by atoms with E-state index in [1.54, 1.807) is 14.2 Å². The van der Waals surface area contributed by atoms with Gasteiger partial charge in [0.1, 0.15) is 17.2 Å². The molecule has 2 N–H and O–H groups in total. The number of amides is 1. The third kappa shape index (κ3) is 4.47. The molecule has 3 rings (SSSR count). The molecule has 1 aliphatic heterocycles. The number of carbonyl (C=O) groups excluding carboxylic acids is 1. The van der Waals surface area contributed by atoms with Gasteiger partial charge in [0.15, 0.2) is 0 Å². The van der Waals surface area contributed by atoms with Gasteiger partial charge in [-0.05, 0) is 50.9 Å². The maximum Gasteiger partial charge on any atom is 0.269 e. The highest BCUT2D eigenvalue weighted by Gasteiger charge is 2.20. The highest BCUT2D eigenvalue weighted by atomic mass is 16.5. The first kappa shape index (κ1) is 20.2. The van der Waals surface area contributed by atoms with Crippen molar-refractivity contribution in [2.24, 2.45) is 5.92 Å². The first-order valence-electron chi connectivity index (χ1n) is 9.81. The minimum absolute atomic E-state index is 0.130. The van der Waals surface area contributed by atoms with Crippen LogP contribution in [0.1, 0.15) is 35.8 Å². The van der Waals surface area contributed by atoms with Gasteiger partial charge in [-0.3, -0.25) is 9.89 Å². The molecule has 0 unspecified atom stereocenters. The zero-order chi connectivity index (χ0) is 20.1. The predicted octanol–water partition coefficient (Wildman–Crippen LogP) is 2.86. The number of likely N-dealkylation sites (tertiary alicyclic amines) is 1. The van der Waals surface area contributed by atoms with E-state index in [2.05, 4.69) is 27.3 Å². The van der Waals surface area contributed by atoms with Crippen molar-refractivity contribution in [1.29, 1.82) is 0 Å². The molecular weight excluding hydrogens is 356 g/mol. The second-order valence-corrected chi connectivity index (χ2v) is 7.42. The molecule has 0 bridgehead atoms. The maximum absolute atomic E-state index is 12.6. The fraction of sp³-hybridized carbons (Fsp3) is 0.524. The average molecular weight is 386 g/mol. The Kier molecular flexibility index (Phi) is 6.57. The number of piperidine rings is 1. The number of rotatable bonds is 7. The van der Waals surface area contributed by atoms with Crippen molar-refractivity contribution in [2.45, 2.75) is 26.7 Å². The van der Waals surface area contributed by atoms with Crippen molar-refractivity contribution in [3.05, 3.63) is 29.5 Å². The van der Waals surface area contributed by atoms with Gasteiger partial charge in [-0.15, -0.1) is 0 Å². The van der Waals surface area contributed by atoms with E-state index < -0.39 is 0 Å². The van der Waals surface area contributed by atoms with Crippen molar-refractivity contribution >= 4 is 5.91 Å². The Labute approximate surface area is 166 Å². The second kappa shape index (κ2) is 9.10. The average Bonchev–Trinajstić information content (AvgIpc) is 3.10. The maximum atomic E-state index is 12.6. The van der Waals surface area contributed by atoms with Crippen LogP contribution in [0.25, 0.3) is 11.3 Å². The molecule has 7 nitrogen and oxygen atoms in total. The summed E-state index contributed by atoms with van der Waals surface area (Å²) >= 11 is 0. The van der Waals surface area contributed by atoms with Crippen LogP contribution in [0.2, 0.25) is 0 Å². The van der Waals surface area contributed by atoms with Crippen LogP contribution in [-0.4, -0.2) is 61.4 Å². The molecule has 28 heavy (non-hydrogen) atoms. The van der Waals surface area contributed by atoms with Crippen molar-refractivity contribution in [2.75, 3.05) is 40.4 Å². The quantitative estimate of drug-likeness (QED) is 0.765. The van der Waals surface area contributed by atoms with Gasteiger partial charge in [0.05, 0.1) is 19.9 Å². The Morgan fingerprint density at radius 3 is 2.71 bits per heavy atom. The van der Waals surface area contributed by atoms with Gasteiger partial charge >= 0.3 is 0 Å². The first-order chi connectivity index (χ1) is 13.5. The Morgan fingerprint density at radius 1 is 1.29 bits per heavy atom. The molecule has 0 aliphatic carbocycles. The monoisotopic (exact) mass is 386 g/mol. The molecule has 1 saturated heterocycles. The van der Waals surface area contributed by atoms with E-state index in [0.717, 1.165) is 36.7 Å². The zero-order valence-corrected chi connectivity index (χ0v) is 17.2. The van der Waals surface area contributed by atoms with E-state index in [4.69, 9.17) is 9.47 Å². The summed E-state index contributed by atoms with van der Waals surface area (Å²) in [6.07, 6.45) is 2.47. The van der Waals surface area contributed by atoms with Crippen molar-refractivity contribution in [1.82, 2.24) is 20.4 Å². The molecule has 1 fully saturated rings. The number of methoxy groups -OCH3 is 2. The van der Waals surface area contributed by atoms with E-state index >= 15 is 0 Å². The van der Waals surface area contributed by atoms with Gasteiger partial charge in [0, 0.05) is 30.3 Å². The van der Waals surface area contributed by atoms with Crippen molar-refractivity contribution in [3.63, 3.8) is 0 Å². The summed E-state index contributed by atoms with van der Waals surface area (Å²) < 4.78 is 10.7. The molecule has 0 saturated carbocycles. The zero-order valence-electron chi connectivity index (χ0n) is 17.2. The fourth-order valence-electron chi connectivity index (χ4n) is 3.58. The molecule has 1 aromatic carbocycles. The molecule has 0 atom stereocenters. The number of nitrogens with zero attached hydrogens (tertiary/aromatic N) is 2. The number of aromatic amines is 1. The number of benzene rings is 1. The van der Waals surface area contributed by atoms with E-state index in [9.17, 15) is 4.79 Å². The molecule has 152 valence electrons. The SMILES string of the molecule is COc1ccc(-c2n[nH]c(C(=O)NCCN3CCC(C)CC3)c2C)c(OC)c1. The van der Waals surface area contributed by atoms with Gasteiger partial charge in [0.2, 0.25) is 0 Å². The lowest BCUT2D eigenvalue weighted by Gasteiger charge is -2.30.